The van der Waals surface area contributed by atoms with Crippen molar-refractivity contribution in [1.82, 2.24) is 4.98 Å². The number of nitrogens with zero attached hydrogens (tertiary/aromatic N) is 2. The fraction of sp³-hybridized carbons (Fsp3) is 0.115. The van der Waals surface area contributed by atoms with Gasteiger partial charge in [-0.3, -0.25) is 14.5 Å². The van der Waals surface area contributed by atoms with Crippen LogP contribution < -0.4 is 14.4 Å². The van der Waals surface area contributed by atoms with E-state index >= 15 is 0 Å². The SMILES string of the molecule is COc1ccc([C@@H]2C(=C(O)c3ccc(F)cc3)C(=O)C(=O)N2c2nc3ccc(F)cc3s2)cc1OC. The Morgan fingerprint density at radius 2 is 1.64 bits per heavy atom. The number of rotatable bonds is 5. The molecule has 1 N–H and O–H groups in total. The van der Waals surface area contributed by atoms with Crippen LogP contribution in [0.1, 0.15) is 17.2 Å². The lowest BCUT2D eigenvalue weighted by Gasteiger charge is -2.23. The highest BCUT2D eigenvalue weighted by atomic mass is 32.1. The highest BCUT2D eigenvalue weighted by Crippen LogP contribution is 2.45. The summed E-state index contributed by atoms with van der Waals surface area (Å²) in [5, 5.41) is 11.3. The summed E-state index contributed by atoms with van der Waals surface area (Å²) in [6, 6.07) is 12.7. The number of hydrogen-bond donors (Lipinski definition) is 1. The molecule has 1 amide bonds. The zero-order valence-corrected chi connectivity index (χ0v) is 19.8. The number of ether oxygens (including phenoxy) is 2. The Labute approximate surface area is 207 Å². The Hall–Kier alpha value is -4.31. The first-order valence-electron chi connectivity index (χ1n) is 10.7. The van der Waals surface area contributed by atoms with Gasteiger partial charge in [-0.1, -0.05) is 17.4 Å². The van der Waals surface area contributed by atoms with Gasteiger partial charge in [-0.2, -0.15) is 0 Å². The molecule has 2 heterocycles. The van der Waals surface area contributed by atoms with E-state index in [9.17, 15) is 23.5 Å². The van der Waals surface area contributed by atoms with Gasteiger partial charge in [0.2, 0.25) is 0 Å². The van der Waals surface area contributed by atoms with Gasteiger partial charge in [0.25, 0.3) is 5.78 Å². The standard InChI is InChI=1S/C26H18F2N2O5S/c1-34-18-10-5-14(11-19(18)35-2)22-21(23(31)13-3-6-15(27)7-4-13)24(32)25(33)30(22)26-29-17-9-8-16(28)12-20(17)36-26/h3-12,22,31H,1-2H3/t22-/m1/s1. The van der Waals surface area contributed by atoms with Gasteiger partial charge in [0.1, 0.15) is 17.4 Å². The third-order valence-electron chi connectivity index (χ3n) is 5.83. The molecule has 1 saturated heterocycles. The fourth-order valence-electron chi connectivity index (χ4n) is 4.12. The topological polar surface area (TPSA) is 89.0 Å². The third-order valence-corrected chi connectivity index (χ3v) is 6.85. The van der Waals surface area contributed by atoms with Crippen LogP contribution in [0.5, 0.6) is 11.5 Å². The molecular weight excluding hydrogens is 490 g/mol. The Kier molecular flexibility index (Phi) is 5.89. The lowest BCUT2D eigenvalue weighted by Crippen LogP contribution is -2.29. The quantitative estimate of drug-likeness (QED) is 0.226. The van der Waals surface area contributed by atoms with E-state index in [0.717, 1.165) is 23.5 Å². The second-order valence-corrected chi connectivity index (χ2v) is 8.91. The monoisotopic (exact) mass is 508 g/mol. The number of methoxy groups -OCH3 is 2. The number of hydrogen-bond acceptors (Lipinski definition) is 7. The number of carbonyl (C=O) groups excluding carboxylic acids is 2. The number of aromatic nitrogens is 1. The van der Waals surface area contributed by atoms with Crippen LogP contribution in [0.4, 0.5) is 13.9 Å². The van der Waals surface area contributed by atoms with Gasteiger partial charge >= 0.3 is 5.91 Å². The molecule has 3 aromatic carbocycles. The largest absolute Gasteiger partial charge is 0.507 e. The first-order chi connectivity index (χ1) is 17.3. The van der Waals surface area contributed by atoms with Crippen LogP contribution in [0.15, 0.2) is 66.2 Å². The Balaban J connectivity index is 1.75. The zero-order valence-electron chi connectivity index (χ0n) is 19.0. The van der Waals surface area contributed by atoms with E-state index < -0.39 is 35.1 Å². The van der Waals surface area contributed by atoms with Gasteiger partial charge in [-0.25, -0.2) is 13.8 Å². The molecule has 0 unspecified atom stereocenters. The highest BCUT2D eigenvalue weighted by Gasteiger charge is 2.48. The Morgan fingerprint density at radius 1 is 0.944 bits per heavy atom. The molecule has 5 rings (SSSR count). The number of benzene rings is 3. The smallest absolute Gasteiger partial charge is 0.301 e. The number of fused-ring (bicyclic) bond motifs is 1. The number of thiazole rings is 1. The molecule has 0 aliphatic carbocycles. The molecule has 7 nitrogen and oxygen atoms in total. The van der Waals surface area contributed by atoms with Gasteiger partial charge in [-0.15, -0.1) is 0 Å². The van der Waals surface area contributed by atoms with E-state index in [4.69, 9.17) is 9.47 Å². The minimum atomic E-state index is -1.10. The molecule has 0 spiro atoms. The van der Waals surface area contributed by atoms with Crippen LogP contribution in [-0.2, 0) is 9.59 Å². The summed E-state index contributed by atoms with van der Waals surface area (Å²) in [5.74, 6) is -2.55. The maximum Gasteiger partial charge on any atom is 0.301 e. The van der Waals surface area contributed by atoms with E-state index in [1.54, 1.807) is 18.2 Å². The van der Waals surface area contributed by atoms with Crippen LogP contribution in [0, 0.1) is 11.6 Å². The number of aliphatic hydroxyl groups is 1. The van der Waals surface area contributed by atoms with Crippen molar-refractivity contribution in [3.8, 4) is 11.5 Å². The average Bonchev–Trinajstić information content (AvgIpc) is 3.41. The first-order valence-corrected chi connectivity index (χ1v) is 11.5. The molecule has 182 valence electrons. The molecule has 1 fully saturated rings. The van der Waals surface area contributed by atoms with Crippen molar-refractivity contribution in [2.75, 3.05) is 19.1 Å². The number of aliphatic hydroxyl groups excluding tert-OH is 1. The van der Waals surface area contributed by atoms with Gasteiger partial charge < -0.3 is 14.6 Å². The van der Waals surface area contributed by atoms with E-state index in [2.05, 4.69) is 4.98 Å². The molecule has 0 radical (unpaired) electrons. The predicted molar refractivity (Wildman–Crippen MR) is 130 cm³/mol. The molecule has 36 heavy (non-hydrogen) atoms. The van der Waals surface area contributed by atoms with Crippen molar-refractivity contribution in [2.24, 2.45) is 0 Å². The van der Waals surface area contributed by atoms with Crippen molar-refractivity contribution < 1.29 is 33.0 Å². The van der Waals surface area contributed by atoms with E-state index in [0.29, 0.717) is 27.3 Å². The third kappa shape index (κ3) is 3.85. The molecule has 10 heteroatoms. The summed E-state index contributed by atoms with van der Waals surface area (Å²) in [6.45, 7) is 0. The van der Waals surface area contributed by atoms with Gasteiger partial charge in [-0.05, 0) is 60.2 Å². The van der Waals surface area contributed by atoms with Crippen LogP contribution in [0.2, 0.25) is 0 Å². The number of amides is 1. The summed E-state index contributed by atoms with van der Waals surface area (Å²) in [5.41, 5.74) is 0.833. The lowest BCUT2D eigenvalue weighted by atomic mass is 9.95. The molecule has 0 bridgehead atoms. The fourth-order valence-corrected chi connectivity index (χ4v) is 5.14. The number of halogens is 2. The van der Waals surface area contributed by atoms with Crippen molar-refractivity contribution >= 4 is 44.1 Å². The van der Waals surface area contributed by atoms with E-state index in [1.807, 2.05) is 0 Å². The van der Waals surface area contributed by atoms with Gasteiger partial charge in [0, 0.05) is 5.56 Å². The molecule has 1 atom stereocenters. The van der Waals surface area contributed by atoms with Crippen molar-refractivity contribution in [1.29, 1.82) is 0 Å². The van der Waals surface area contributed by atoms with Crippen molar-refractivity contribution in [2.45, 2.75) is 6.04 Å². The molecule has 1 aromatic heterocycles. The lowest BCUT2D eigenvalue weighted by molar-refractivity contribution is -0.132. The summed E-state index contributed by atoms with van der Waals surface area (Å²) < 4.78 is 38.5. The van der Waals surface area contributed by atoms with Crippen LogP contribution in [-0.4, -0.2) is 36.0 Å². The Bertz CT molecular complexity index is 1550. The molecule has 0 saturated carbocycles. The molecular formula is C26H18F2N2O5S. The summed E-state index contributed by atoms with van der Waals surface area (Å²) in [6.07, 6.45) is 0. The maximum atomic E-state index is 13.8. The molecule has 1 aliphatic heterocycles. The van der Waals surface area contributed by atoms with Crippen molar-refractivity contribution in [3.63, 3.8) is 0 Å². The average molecular weight is 509 g/mol. The number of anilines is 1. The number of ketones is 1. The molecule has 4 aromatic rings. The van der Waals surface area contributed by atoms with E-state index in [-0.39, 0.29) is 16.3 Å². The van der Waals surface area contributed by atoms with Gasteiger partial charge in [0.05, 0.1) is 36.1 Å². The number of carbonyl (C=O) groups is 2. The first kappa shape index (κ1) is 23.4. The van der Waals surface area contributed by atoms with Crippen molar-refractivity contribution in [3.05, 3.63) is 89.0 Å². The second kappa shape index (κ2) is 9.04. The van der Waals surface area contributed by atoms with E-state index in [1.165, 1.54) is 49.5 Å². The normalized spacial score (nSPS) is 17.1. The van der Waals surface area contributed by atoms with Crippen LogP contribution in [0.3, 0.4) is 0 Å². The Morgan fingerprint density at radius 3 is 2.33 bits per heavy atom. The molecule has 1 aliphatic rings. The second-order valence-electron chi connectivity index (χ2n) is 7.90. The van der Waals surface area contributed by atoms with Crippen LogP contribution in [0.25, 0.3) is 16.0 Å². The maximum absolute atomic E-state index is 13.8. The summed E-state index contributed by atoms with van der Waals surface area (Å²) in [7, 11) is 2.91. The predicted octanol–water partition coefficient (Wildman–Crippen LogP) is 5.22. The highest BCUT2D eigenvalue weighted by molar-refractivity contribution is 7.22. The number of Topliss-reactive ketones (excluding diaryl/α,β-unsaturated/α-hetero) is 1. The van der Waals surface area contributed by atoms with Gasteiger partial charge in [0.15, 0.2) is 16.6 Å². The zero-order chi connectivity index (χ0) is 25.6. The minimum Gasteiger partial charge on any atom is -0.507 e. The van der Waals surface area contributed by atoms with Crippen LogP contribution >= 0.6 is 11.3 Å². The summed E-state index contributed by atoms with van der Waals surface area (Å²) in [4.78, 5) is 32.2. The summed E-state index contributed by atoms with van der Waals surface area (Å²) >= 11 is 1.03. The minimum absolute atomic E-state index is 0.149.